The van der Waals surface area contributed by atoms with E-state index in [-0.39, 0.29) is 4.90 Å². The summed E-state index contributed by atoms with van der Waals surface area (Å²) in [5.41, 5.74) is 6.34. The minimum absolute atomic E-state index is 0.126. The number of nitrogens with two attached hydrogens (primary N) is 1. The summed E-state index contributed by atoms with van der Waals surface area (Å²) in [6, 6.07) is 14.1. The first-order valence-electron chi connectivity index (χ1n) is 11.1. The molecule has 0 unspecified atom stereocenters. The Bertz CT molecular complexity index is 1570. The molecule has 0 atom stereocenters. The SMILES string of the molecule is NN=c1ccc2c(-c3ccccc3S(=O)(=O)O)c3cc4c5c(c3oc-2c1)CCCN5CCC4. The molecule has 0 aromatic heterocycles. The molecular formula is C25H23N3O4S. The molecule has 0 fully saturated rings. The van der Waals surface area contributed by atoms with E-state index in [9.17, 15) is 13.0 Å². The van der Waals surface area contributed by atoms with Gasteiger partial charge < -0.3 is 15.2 Å². The van der Waals surface area contributed by atoms with E-state index in [2.05, 4.69) is 16.1 Å². The second kappa shape index (κ2) is 7.33. The molecule has 0 amide bonds. The van der Waals surface area contributed by atoms with Crippen LogP contribution in [-0.2, 0) is 23.0 Å². The fourth-order valence-electron chi connectivity index (χ4n) is 5.46. The molecule has 0 bridgehead atoms. The molecule has 2 aromatic rings. The maximum Gasteiger partial charge on any atom is 0.295 e. The van der Waals surface area contributed by atoms with Gasteiger partial charge in [-0.25, -0.2) is 0 Å². The summed E-state index contributed by atoms with van der Waals surface area (Å²) in [4.78, 5) is 2.31. The largest absolute Gasteiger partial charge is 0.456 e. The summed E-state index contributed by atoms with van der Waals surface area (Å²) in [5.74, 6) is 6.09. The summed E-state index contributed by atoms with van der Waals surface area (Å²) < 4.78 is 41.1. The van der Waals surface area contributed by atoms with Crippen molar-refractivity contribution < 1.29 is 17.4 Å². The van der Waals surface area contributed by atoms with E-state index in [4.69, 9.17) is 10.3 Å². The first kappa shape index (κ1) is 20.3. The zero-order chi connectivity index (χ0) is 22.7. The Labute approximate surface area is 191 Å². The molecule has 8 heteroatoms. The number of rotatable bonds is 2. The van der Waals surface area contributed by atoms with Gasteiger partial charge in [-0.05, 0) is 55.5 Å². The molecular weight excluding hydrogens is 438 g/mol. The first-order chi connectivity index (χ1) is 16.0. The summed E-state index contributed by atoms with van der Waals surface area (Å²) in [6.45, 7) is 2.07. The Morgan fingerprint density at radius 1 is 1.00 bits per heavy atom. The monoisotopic (exact) mass is 461 g/mol. The maximum absolute atomic E-state index is 12.3. The van der Waals surface area contributed by atoms with Gasteiger partial charge in [0.25, 0.3) is 10.1 Å². The highest BCUT2D eigenvalue weighted by atomic mass is 32.2. The molecule has 6 rings (SSSR count). The molecule has 3 N–H and O–H groups in total. The molecule has 0 saturated heterocycles. The van der Waals surface area contributed by atoms with Crippen molar-refractivity contribution in [3.8, 4) is 22.5 Å². The Hall–Kier alpha value is -3.36. The molecule has 2 aromatic carbocycles. The standard InChI is InChI=1S/C25H23N3O4S/c26-27-16-9-10-17-21(14-16)32-25-19-7-4-12-28-11-3-5-15(24(19)28)13-20(25)23(17)18-6-1-2-8-22(18)33(29,30)31/h1-2,6,8-10,13-14H,3-5,7,11-12,26H2,(H,29,30,31). The van der Waals surface area contributed by atoms with Crippen LogP contribution in [0.2, 0.25) is 0 Å². The van der Waals surface area contributed by atoms with Gasteiger partial charge in [-0.1, -0.05) is 18.2 Å². The number of fused-ring (bicyclic) bond motifs is 3. The van der Waals surface area contributed by atoms with E-state index in [1.165, 1.54) is 17.3 Å². The van der Waals surface area contributed by atoms with Crippen LogP contribution in [0.15, 0.2) is 62.9 Å². The van der Waals surface area contributed by atoms with Crippen molar-refractivity contribution in [3.63, 3.8) is 0 Å². The summed E-state index contributed by atoms with van der Waals surface area (Å²) in [5, 5.41) is 5.21. The van der Waals surface area contributed by atoms with Gasteiger partial charge in [0.1, 0.15) is 16.2 Å². The highest BCUT2D eigenvalue weighted by Crippen LogP contribution is 2.47. The third-order valence-electron chi connectivity index (χ3n) is 6.77. The smallest absolute Gasteiger partial charge is 0.295 e. The number of anilines is 1. The second-order valence-electron chi connectivity index (χ2n) is 8.69. The van der Waals surface area contributed by atoms with E-state index in [1.54, 1.807) is 30.3 Å². The predicted octanol–water partition coefficient (Wildman–Crippen LogP) is 3.92. The normalized spacial score (nSPS) is 16.4. The Kier molecular flexibility index (Phi) is 4.50. The van der Waals surface area contributed by atoms with Crippen LogP contribution in [0.3, 0.4) is 0 Å². The average molecular weight is 462 g/mol. The van der Waals surface area contributed by atoms with Crippen molar-refractivity contribution in [1.82, 2.24) is 0 Å². The highest BCUT2D eigenvalue weighted by molar-refractivity contribution is 7.86. The van der Waals surface area contributed by atoms with Gasteiger partial charge in [-0.3, -0.25) is 4.55 Å². The molecule has 3 heterocycles. The van der Waals surface area contributed by atoms with Crippen LogP contribution in [0.1, 0.15) is 24.0 Å². The van der Waals surface area contributed by atoms with Crippen LogP contribution < -0.4 is 16.1 Å². The lowest BCUT2D eigenvalue weighted by atomic mass is 9.86. The summed E-state index contributed by atoms with van der Waals surface area (Å²) in [6.07, 6.45) is 3.98. The molecule has 3 aliphatic heterocycles. The molecule has 0 radical (unpaired) electrons. The van der Waals surface area contributed by atoms with Crippen LogP contribution in [-0.4, -0.2) is 26.1 Å². The van der Waals surface area contributed by atoms with Gasteiger partial charge in [0.05, 0.1) is 5.36 Å². The van der Waals surface area contributed by atoms with Gasteiger partial charge in [-0.15, -0.1) is 0 Å². The first-order valence-corrected chi connectivity index (χ1v) is 12.5. The van der Waals surface area contributed by atoms with E-state index < -0.39 is 10.1 Å². The Balaban J connectivity index is 1.82. The van der Waals surface area contributed by atoms with E-state index in [0.717, 1.165) is 66.4 Å². The Morgan fingerprint density at radius 2 is 1.79 bits per heavy atom. The lowest BCUT2D eigenvalue weighted by Gasteiger charge is -2.37. The van der Waals surface area contributed by atoms with Crippen LogP contribution in [0.4, 0.5) is 5.69 Å². The maximum atomic E-state index is 12.3. The van der Waals surface area contributed by atoms with Crippen molar-refractivity contribution in [2.45, 2.75) is 30.6 Å². The highest BCUT2D eigenvalue weighted by Gasteiger charge is 2.30. The molecule has 168 valence electrons. The zero-order valence-electron chi connectivity index (χ0n) is 17.9. The lowest BCUT2D eigenvalue weighted by molar-refractivity contribution is 0.483. The fraction of sp³-hybridized carbons (Fsp3) is 0.240. The second-order valence-corrected chi connectivity index (χ2v) is 10.1. The van der Waals surface area contributed by atoms with Crippen LogP contribution >= 0.6 is 0 Å². The van der Waals surface area contributed by atoms with E-state index in [1.807, 2.05) is 6.07 Å². The van der Waals surface area contributed by atoms with Crippen molar-refractivity contribution in [2.75, 3.05) is 18.0 Å². The van der Waals surface area contributed by atoms with Crippen molar-refractivity contribution >= 4 is 26.8 Å². The van der Waals surface area contributed by atoms with Gasteiger partial charge in [0.15, 0.2) is 0 Å². The number of nitrogens with zero attached hydrogens (tertiary/aromatic N) is 2. The number of hydrogen-bond acceptors (Lipinski definition) is 6. The quantitative estimate of drug-likeness (QED) is 0.203. The minimum Gasteiger partial charge on any atom is -0.456 e. The van der Waals surface area contributed by atoms with Gasteiger partial charge >= 0.3 is 0 Å². The van der Waals surface area contributed by atoms with Crippen LogP contribution in [0.25, 0.3) is 33.4 Å². The third-order valence-corrected chi connectivity index (χ3v) is 7.68. The predicted molar refractivity (Wildman–Crippen MR) is 127 cm³/mol. The molecule has 1 aliphatic carbocycles. The van der Waals surface area contributed by atoms with Crippen molar-refractivity contribution in [3.05, 3.63) is 65.0 Å². The number of benzene rings is 3. The summed E-state index contributed by atoms with van der Waals surface area (Å²) in [7, 11) is -4.44. The topological polar surface area (TPSA) is 109 Å². The molecule has 4 aliphatic rings. The van der Waals surface area contributed by atoms with Gasteiger partial charge in [-0.2, -0.15) is 13.5 Å². The molecule has 0 spiro atoms. The van der Waals surface area contributed by atoms with Gasteiger partial charge in [0, 0.05) is 52.5 Å². The van der Waals surface area contributed by atoms with Crippen LogP contribution in [0.5, 0.6) is 0 Å². The van der Waals surface area contributed by atoms with E-state index >= 15 is 0 Å². The minimum atomic E-state index is -4.44. The third kappa shape index (κ3) is 3.13. The molecule has 33 heavy (non-hydrogen) atoms. The van der Waals surface area contributed by atoms with Gasteiger partial charge in [0.2, 0.25) is 0 Å². The summed E-state index contributed by atoms with van der Waals surface area (Å²) >= 11 is 0. The zero-order valence-corrected chi connectivity index (χ0v) is 18.7. The average Bonchev–Trinajstić information content (AvgIpc) is 2.82. The molecule has 7 nitrogen and oxygen atoms in total. The fourth-order valence-corrected chi connectivity index (χ4v) is 6.16. The number of aryl methyl sites for hydroxylation is 2. The van der Waals surface area contributed by atoms with E-state index in [0.29, 0.717) is 16.7 Å². The Morgan fingerprint density at radius 3 is 2.58 bits per heavy atom. The van der Waals surface area contributed by atoms with Crippen LogP contribution in [0, 0.1) is 0 Å². The number of hydrogen-bond donors (Lipinski definition) is 2. The van der Waals surface area contributed by atoms with Crippen molar-refractivity contribution in [2.24, 2.45) is 10.9 Å². The molecule has 0 saturated carbocycles. The lowest BCUT2D eigenvalue weighted by Crippen LogP contribution is -2.34. The van der Waals surface area contributed by atoms with Crippen molar-refractivity contribution in [1.29, 1.82) is 0 Å².